The van der Waals surface area contributed by atoms with Crippen molar-refractivity contribution in [2.75, 3.05) is 0 Å². The maximum atomic E-state index is 9.33. The second-order valence-electron chi connectivity index (χ2n) is 4.06. The lowest BCUT2D eigenvalue weighted by Crippen LogP contribution is -1.93. The number of rotatable bonds is 2. The average molecular weight is 236 g/mol. The third kappa shape index (κ3) is 1.85. The number of hydrogen-bond donors (Lipinski definition) is 1. The summed E-state index contributed by atoms with van der Waals surface area (Å²) in [5.41, 5.74) is 4.23. The fourth-order valence-electron chi connectivity index (χ4n) is 1.97. The van der Waals surface area contributed by atoms with Crippen LogP contribution in [0.4, 0.5) is 0 Å². The molecule has 3 rings (SSSR count). The van der Waals surface area contributed by atoms with Gasteiger partial charge in [-0.05, 0) is 6.07 Å². The summed E-state index contributed by atoms with van der Waals surface area (Å²) < 4.78 is 0. The number of aliphatic hydroxyl groups is 1. The first-order valence-corrected chi connectivity index (χ1v) is 5.79. The highest BCUT2D eigenvalue weighted by Gasteiger charge is 2.05. The predicted octanol–water partition coefficient (Wildman–Crippen LogP) is 2.79. The van der Waals surface area contributed by atoms with Crippen molar-refractivity contribution in [2.24, 2.45) is 0 Å². The molecule has 3 heteroatoms. The highest BCUT2D eigenvalue weighted by Crippen LogP contribution is 2.20. The topological polar surface area (TPSA) is 46.0 Å². The molecule has 0 saturated heterocycles. The third-order valence-corrected chi connectivity index (χ3v) is 2.90. The number of benzene rings is 2. The van der Waals surface area contributed by atoms with Crippen molar-refractivity contribution >= 4 is 11.0 Å². The summed E-state index contributed by atoms with van der Waals surface area (Å²) in [6.07, 6.45) is 1.76. The van der Waals surface area contributed by atoms with Crippen LogP contribution in [0.1, 0.15) is 5.56 Å². The summed E-state index contributed by atoms with van der Waals surface area (Å²) in [4.78, 5) is 8.99. The number of para-hydroxylation sites is 1. The average Bonchev–Trinajstić information content (AvgIpc) is 2.47. The summed E-state index contributed by atoms with van der Waals surface area (Å²) in [6.45, 7) is -0.0235. The van der Waals surface area contributed by atoms with Crippen LogP contribution in [0.2, 0.25) is 0 Å². The standard InChI is InChI=1S/C15H12N2O/c18-10-12-7-4-8-13-15(12)17-14(9-16-13)11-5-2-1-3-6-11/h1-9,18H,10H2. The highest BCUT2D eigenvalue weighted by atomic mass is 16.3. The highest BCUT2D eigenvalue weighted by molar-refractivity contribution is 5.80. The van der Waals surface area contributed by atoms with Crippen LogP contribution in [0.15, 0.2) is 54.7 Å². The van der Waals surface area contributed by atoms with Gasteiger partial charge < -0.3 is 5.11 Å². The van der Waals surface area contributed by atoms with Crippen molar-refractivity contribution in [3.05, 3.63) is 60.3 Å². The van der Waals surface area contributed by atoms with Crippen LogP contribution in [0.3, 0.4) is 0 Å². The molecule has 2 aromatic carbocycles. The summed E-state index contributed by atoms with van der Waals surface area (Å²) in [5.74, 6) is 0. The maximum absolute atomic E-state index is 9.33. The Morgan fingerprint density at radius 2 is 1.78 bits per heavy atom. The van der Waals surface area contributed by atoms with Gasteiger partial charge in [0, 0.05) is 11.1 Å². The number of nitrogens with zero attached hydrogens (tertiary/aromatic N) is 2. The monoisotopic (exact) mass is 236 g/mol. The molecule has 0 saturated carbocycles. The number of fused-ring (bicyclic) bond motifs is 1. The first kappa shape index (κ1) is 10.9. The molecular formula is C15H12N2O. The van der Waals surface area contributed by atoms with Crippen molar-refractivity contribution in [2.45, 2.75) is 6.61 Å². The Hall–Kier alpha value is -2.26. The molecule has 0 fully saturated rings. The molecule has 0 bridgehead atoms. The number of aliphatic hydroxyl groups excluding tert-OH is 1. The van der Waals surface area contributed by atoms with E-state index >= 15 is 0 Å². The van der Waals surface area contributed by atoms with Crippen LogP contribution in [0.25, 0.3) is 22.3 Å². The van der Waals surface area contributed by atoms with Crippen LogP contribution in [-0.2, 0) is 6.61 Å². The third-order valence-electron chi connectivity index (χ3n) is 2.90. The second kappa shape index (κ2) is 4.55. The van der Waals surface area contributed by atoms with Crippen molar-refractivity contribution in [3.63, 3.8) is 0 Å². The largest absolute Gasteiger partial charge is 0.392 e. The molecule has 0 radical (unpaired) electrons. The summed E-state index contributed by atoms with van der Waals surface area (Å²) >= 11 is 0. The van der Waals surface area contributed by atoms with Gasteiger partial charge in [-0.1, -0.05) is 42.5 Å². The molecule has 0 spiro atoms. The van der Waals surface area contributed by atoms with Crippen LogP contribution >= 0.6 is 0 Å². The predicted molar refractivity (Wildman–Crippen MR) is 70.9 cm³/mol. The van der Waals surface area contributed by atoms with Crippen molar-refractivity contribution in [3.8, 4) is 11.3 Å². The zero-order valence-electron chi connectivity index (χ0n) is 9.74. The van der Waals surface area contributed by atoms with E-state index in [0.717, 1.165) is 27.9 Å². The summed E-state index contributed by atoms with van der Waals surface area (Å²) in [6, 6.07) is 15.6. The van der Waals surface area contributed by atoms with E-state index in [0.29, 0.717) is 0 Å². The van der Waals surface area contributed by atoms with Gasteiger partial charge in [0.2, 0.25) is 0 Å². The molecule has 0 amide bonds. The Balaban J connectivity index is 2.22. The lowest BCUT2D eigenvalue weighted by molar-refractivity contribution is 0.283. The lowest BCUT2D eigenvalue weighted by Gasteiger charge is -2.05. The Kier molecular flexibility index (Phi) is 2.74. The molecule has 1 N–H and O–H groups in total. The Bertz CT molecular complexity index is 680. The van der Waals surface area contributed by atoms with Crippen molar-refractivity contribution in [1.29, 1.82) is 0 Å². The fourth-order valence-corrected chi connectivity index (χ4v) is 1.97. The van der Waals surface area contributed by atoms with Gasteiger partial charge in [0.05, 0.1) is 29.5 Å². The Morgan fingerprint density at radius 1 is 0.944 bits per heavy atom. The van der Waals surface area contributed by atoms with E-state index in [9.17, 15) is 5.11 Å². The van der Waals surface area contributed by atoms with Crippen molar-refractivity contribution < 1.29 is 5.11 Å². The van der Waals surface area contributed by atoms with Gasteiger partial charge in [-0.15, -0.1) is 0 Å². The molecule has 0 atom stereocenters. The van der Waals surface area contributed by atoms with E-state index in [-0.39, 0.29) is 6.61 Å². The number of aromatic nitrogens is 2. The van der Waals surface area contributed by atoms with Crippen LogP contribution in [-0.4, -0.2) is 15.1 Å². The Labute approximate surface area is 105 Å². The van der Waals surface area contributed by atoms with Gasteiger partial charge in [-0.25, -0.2) is 4.98 Å². The quantitative estimate of drug-likeness (QED) is 0.744. The normalized spacial score (nSPS) is 10.7. The van der Waals surface area contributed by atoms with E-state index in [4.69, 9.17) is 0 Å². The molecule has 0 aliphatic rings. The molecule has 1 heterocycles. The van der Waals surface area contributed by atoms with Gasteiger partial charge in [0.1, 0.15) is 0 Å². The molecule has 0 aliphatic carbocycles. The first-order valence-electron chi connectivity index (χ1n) is 5.79. The molecule has 88 valence electrons. The SMILES string of the molecule is OCc1cccc2ncc(-c3ccccc3)nc12. The molecular weight excluding hydrogens is 224 g/mol. The van der Waals surface area contributed by atoms with Crippen LogP contribution < -0.4 is 0 Å². The first-order chi connectivity index (χ1) is 8.88. The summed E-state index contributed by atoms with van der Waals surface area (Å²) in [5, 5.41) is 9.33. The lowest BCUT2D eigenvalue weighted by atomic mass is 10.1. The molecule has 0 unspecified atom stereocenters. The van der Waals surface area contributed by atoms with E-state index < -0.39 is 0 Å². The number of hydrogen-bond acceptors (Lipinski definition) is 3. The molecule has 18 heavy (non-hydrogen) atoms. The van der Waals surface area contributed by atoms with Crippen LogP contribution in [0, 0.1) is 0 Å². The van der Waals surface area contributed by atoms with Gasteiger partial charge >= 0.3 is 0 Å². The van der Waals surface area contributed by atoms with E-state index in [1.807, 2.05) is 48.5 Å². The minimum Gasteiger partial charge on any atom is -0.392 e. The van der Waals surface area contributed by atoms with Crippen molar-refractivity contribution in [1.82, 2.24) is 9.97 Å². The molecule has 3 nitrogen and oxygen atoms in total. The van der Waals surface area contributed by atoms with Gasteiger partial charge in [0.25, 0.3) is 0 Å². The van der Waals surface area contributed by atoms with E-state index in [2.05, 4.69) is 9.97 Å². The Morgan fingerprint density at radius 3 is 2.56 bits per heavy atom. The van der Waals surface area contributed by atoms with E-state index in [1.165, 1.54) is 0 Å². The second-order valence-corrected chi connectivity index (χ2v) is 4.06. The zero-order chi connectivity index (χ0) is 12.4. The minimum absolute atomic E-state index is 0.0235. The molecule has 0 aliphatic heterocycles. The maximum Gasteiger partial charge on any atom is 0.0949 e. The molecule has 3 aromatic rings. The van der Waals surface area contributed by atoms with E-state index in [1.54, 1.807) is 6.20 Å². The van der Waals surface area contributed by atoms with Gasteiger partial charge in [0.15, 0.2) is 0 Å². The van der Waals surface area contributed by atoms with Crippen LogP contribution in [0.5, 0.6) is 0 Å². The summed E-state index contributed by atoms with van der Waals surface area (Å²) in [7, 11) is 0. The zero-order valence-corrected chi connectivity index (χ0v) is 9.74. The van der Waals surface area contributed by atoms with Gasteiger partial charge in [-0.2, -0.15) is 0 Å². The smallest absolute Gasteiger partial charge is 0.0949 e. The fraction of sp³-hybridized carbons (Fsp3) is 0.0667. The minimum atomic E-state index is -0.0235. The van der Waals surface area contributed by atoms with Gasteiger partial charge in [-0.3, -0.25) is 4.98 Å². The molecule has 1 aromatic heterocycles.